The van der Waals surface area contributed by atoms with Crippen molar-refractivity contribution in [2.24, 2.45) is 5.92 Å². The first-order chi connectivity index (χ1) is 8.36. The Balaban J connectivity index is 2.39. The van der Waals surface area contributed by atoms with Crippen molar-refractivity contribution in [2.45, 2.75) is 25.9 Å². The largest absolute Gasteiger partial charge is 0.390 e. The molecule has 0 aromatic carbocycles. The van der Waals surface area contributed by atoms with Crippen LogP contribution in [0.4, 0.5) is 0 Å². The number of aliphatic hydroxyl groups is 1. The minimum Gasteiger partial charge on any atom is -0.390 e. The molecule has 0 saturated carbocycles. The van der Waals surface area contributed by atoms with E-state index in [4.69, 9.17) is 4.74 Å². The first kappa shape index (κ1) is 15.4. The Kier molecular flexibility index (Phi) is 5.56. The highest BCUT2D eigenvalue weighted by Gasteiger charge is 2.36. The first-order valence-electron chi connectivity index (χ1n) is 6.54. The number of likely N-dealkylation sites (tertiary alicyclic amines) is 1. The Bertz CT molecular complexity index is 281. The lowest BCUT2D eigenvalue weighted by Crippen LogP contribution is -2.52. The average molecular weight is 258 g/mol. The van der Waals surface area contributed by atoms with Gasteiger partial charge >= 0.3 is 0 Å². The lowest BCUT2D eigenvalue weighted by atomic mass is 9.84. The lowest BCUT2D eigenvalue weighted by Gasteiger charge is -2.41. The monoisotopic (exact) mass is 258 g/mol. The van der Waals surface area contributed by atoms with Gasteiger partial charge in [-0.2, -0.15) is 0 Å². The van der Waals surface area contributed by atoms with E-state index in [1.54, 1.807) is 7.11 Å². The molecule has 0 aromatic rings. The van der Waals surface area contributed by atoms with E-state index in [-0.39, 0.29) is 11.8 Å². The minimum atomic E-state index is -0.640. The molecule has 1 amide bonds. The van der Waals surface area contributed by atoms with Gasteiger partial charge in [0.25, 0.3) is 0 Å². The molecular weight excluding hydrogens is 232 g/mol. The highest BCUT2D eigenvalue weighted by Crippen LogP contribution is 2.27. The minimum absolute atomic E-state index is 0.125. The van der Waals surface area contributed by atoms with E-state index in [1.807, 2.05) is 30.7 Å². The molecule has 1 rings (SSSR count). The molecule has 0 radical (unpaired) electrons. The predicted octanol–water partition coefficient (Wildman–Crippen LogP) is 0.184. The summed E-state index contributed by atoms with van der Waals surface area (Å²) in [5, 5.41) is 10.1. The third kappa shape index (κ3) is 4.23. The van der Waals surface area contributed by atoms with Gasteiger partial charge in [-0.1, -0.05) is 6.92 Å². The standard InChI is InChI=1S/C13H26N2O3/c1-11-9-15(6-5-13(11,2)17)12(16)10-14(3)7-8-18-4/h11,17H,5-10H2,1-4H3/t11-,13+/m1/s1. The first-order valence-corrected chi connectivity index (χ1v) is 6.54. The summed E-state index contributed by atoms with van der Waals surface area (Å²) >= 11 is 0. The van der Waals surface area contributed by atoms with E-state index in [2.05, 4.69) is 0 Å². The number of piperidine rings is 1. The number of amides is 1. The molecule has 1 N–H and O–H groups in total. The third-order valence-corrected chi connectivity index (χ3v) is 3.88. The molecule has 0 aliphatic carbocycles. The Morgan fingerprint density at radius 2 is 2.28 bits per heavy atom. The van der Waals surface area contributed by atoms with Crippen LogP contribution in [0.15, 0.2) is 0 Å². The number of nitrogens with zero attached hydrogens (tertiary/aromatic N) is 2. The summed E-state index contributed by atoms with van der Waals surface area (Å²) < 4.78 is 4.98. The van der Waals surface area contributed by atoms with Crippen molar-refractivity contribution in [3.63, 3.8) is 0 Å². The molecule has 1 saturated heterocycles. The molecular formula is C13H26N2O3. The number of likely N-dealkylation sites (N-methyl/N-ethyl adjacent to an activating group) is 1. The van der Waals surface area contributed by atoms with Crippen molar-refractivity contribution in [1.82, 2.24) is 9.80 Å². The smallest absolute Gasteiger partial charge is 0.236 e. The van der Waals surface area contributed by atoms with Crippen LogP contribution in [-0.4, -0.2) is 73.4 Å². The van der Waals surface area contributed by atoms with Gasteiger partial charge in [0, 0.05) is 32.7 Å². The fourth-order valence-corrected chi connectivity index (χ4v) is 2.11. The molecule has 1 heterocycles. The average Bonchev–Trinajstić information content (AvgIpc) is 2.30. The Labute approximate surface area is 110 Å². The van der Waals surface area contributed by atoms with E-state index < -0.39 is 5.60 Å². The predicted molar refractivity (Wildman–Crippen MR) is 70.4 cm³/mol. The van der Waals surface area contributed by atoms with Crippen molar-refractivity contribution in [2.75, 3.05) is 46.9 Å². The fourth-order valence-electron chi connectivity index (χ4n) is 2.11. The second-order valence-corrected chi connectivity index (χ2v) is 5.58. The molecule has 0 aromatic heterocycles. The van der Waals surface area contributed by atoms with Crippen molar-refractivity contribution >= 4 is 5.91 Å². The summed E-state index contributed by atoms with van der Waals surface area (Å²) in [6, 6.07) is 0. The Morgan fingerprint density at radius 3 is 2.83 bits per heavy atom. The molecule has 106 valence electrons. The summed E-state index contributed by atoms with van der Waals surface area (Å²) in [4.78, 5) is 15.9. The van der Waals surface area contributed by atoms with Crippen LogP contribution >= 0.6 is 0 Å². The summed E-state index contributed by atoms with van der Waals surface area (Å²) in [5.41, 5.74) is -0.640. The van der Waals surface area contributed by atoms with Crippen LogP contribution < -0.4 is 0 Å². The molecule has 5 heteroatoms. The van der Waals surface area contributed by atoms with Gasteiger partial charge < -0.3 is 14.7 Å². The molecule has 18 heavy (non-hydrogen) atoms. The van der Waals surface area contributed by atoms with Crippen molar-refractivity contribution < 1.29 is 14.6 Å². The van der Waals surface area contributed by atoms with E-state index in [9.17, 15) is 9.90 Å². The molecule has 2 atom stereocenters. The van der Waals surface area contributed by atoms with Crippen LogP contribution in [0, 0.1) is 5.92 Å². The van der Waals surface area contributed by atoms with Crippen LogP contribution in [0.5, 0.6) is 0 Å². The number of ether oxygens (including phenoxy) is 1. The van der Waals surface area contributed by atoms with Gasteiger partial charge in [0.15, 0.2) is 0 Å². The van der Waals surface area contributed by atoms with E-state index >= 15 is 0 Å². The fraction of sp³-hybridized carbons (Fsp3) is 0.923. The van der Waals surface area contributed by atoms with Crippen LogP contribution in [0.25, 0.3) is 0 Å². The van der Waals surface area contributed by atoms with Gasteiger partial charge in [-0.3, -0.25) is 9.69 Å². The van der Waals surface area contributed by atoms with E-state index in [1.165, 1.54) is 0 Å². The SMILES string of the molecule is COCCN(C)CC(=O)N1CC[C@](C)(O)[C@H](C)C1. The maximum absolute atomic E-state index is 12.1. The molecule has 5 nitrogen and oxygen atoms in total. The maximum Gasteiger partial charge on any atom is 0.236 e. The van der Waals surface area contributed by atoms with Crippen molar-refractivity contribution in [3.05, 3.63) is 0 Å². The highest BCUT2D eigenvalue weighted by molar-refractivity contribution is 5.78. The van der Waals surface area contributed by atoms with Gasteiger partial charge in [-0.15, -0.1) is 0 Å². The normalized spacial score (nSPS) is 28.8. The zero-order valence-corrected chi connectivity index (χ0v) is 12.0. The van der Waals surface area contributed by atoms with Crippen LogP contribution in [0.2, 0.25) is 0 Å². The molecule has 1 aliphatic heterocycles. The zero-order chi connectivity index (χ0) is 13.8. The van der Waals surface area contributed by atoms with Gasteiger partial charge in [0.2, 0.25) is 5.91 Å². The summed E-state index contributed by atoms with van der Waals surface area (Å²) in [7, 11) is 3.57. The van der Waals surface area contributed by atoms with Crippen LogP contribution in [0.1, 0.15) is 20.3 Å². The molecule has 0 unspecified atom stereocenters. The number of hydrogen-bond donors (Lipinski definition) is 1. The quantitative estimate of drug-likeness (QED) is 0.764. The van der Waals surface area contributed by atoms with E-state index in [0.29, 0.717) is 32.7 Å². The molecule has 0 bridgehead atoms. The summed E-state index contributed by atoms with van der Waals surface area (Å²) in [5.74, 6) is 0.260. The van der Waals surface area contributed by atoms with Crippen LogP contribution in [0.3, 0.4) is 0 Å². The van der Waals surface area contributed by atoms with Crippen molar-refractivity contribution in [3.8, 4) is 0 Å². The maximum atomic E-state index is 12.1. The Morgan fingerprint density at radius 1 is 1.61 bits per heavy atom. The summed E-state index contributed by atoms with van der Waals surface area (Å²) in [6.07, 6.45) is 0.654. The van der Waals surface area contributed by atoms with Gasteiger partial charge in [0.1, 0.15) is 0 Å². The zero-order valence-electron chi connectivity index (χ0n) is 12.0. The van der Waals surface area contributed by atoms with Crippen molar-refractivity contribution in [1.29, 1.82) is 0 Å². The summed E-state index contributed by atoms with van der Waals surface area (Å²) in [6.45, 7) is 6.94. The molecule has 1 fully saturated rings. The number of methoxy groups -OCH3 is 1. The Hall–Kier alpha value is -0.650. The molecule has 0 spiro atoms. The molecule has 1 aliphatic rings. The van der Waals surface area contributed by atoms with E-state index in [0.717, 1.165) is 6.54 Å². The second kappa shape index (κ2) is 6.50. The third-order valence-electron chi connectivity index (χ3n) is 3.88. The second-order valence-electron chi connectivity index (χ2n) is 5.58. The van der Waals surface area contributed by atoms with Gasteiger partial charge in [0.05, 0.1) is 18.8 Å². The topological polar surface area (TPSA) is 53.0 Å². The number of carbonyl (C=O) groups excluding carboxylic acids is 1. The number of rotatable bonds is 5. The lowest BCUT2D eigenvalue weighted by molar-refractivity contribution is -0.139. The van der Waals surface area contributed by atoms with Gasteiger partial charge in [-0.05, 0) is 20.4 Å². The van der Waals surface area contributed by atoms with Gasteiger partial charge in [-0.25, -0.2) is 0 Å². The number of hydrogen-bond acceptors (Lipinski definition) is 4. The van der Waals surface area contributed by atoms with Crippen LogP contribution in [-0.2, 0) is 9.53 Å². The highest BCUT2D eigenvalue weighted by atomic mass is 16.5. The number of carbonyl (C=O) groups is 1.